The van der Waals surface area contributed by atoms with Crippen LogP contribution in [0, 0.1) is 0 Å². The largest absolute Gasteiger partial charge is 0.0683 e. The molecule has 0 saturated heterocycles. The fourth-order valence-electron chi connectivity index (χ4n) is 7.34. The monoisotopic (exact) mass is 574 g/mol. The molecule has 1 aliphatic rings. The number of fused-ring (bicyclic) bond motifs is 7. The zero-order chi connectivity index (χ0) is 30.3. The first kappa shape index (κ1) is 27.1. The summed E-state index contributed by atoms with van der Waals surface area (Å²) in [6.45, 7) is 4.00. The molecule has 8 aromatic carbocycles. The van der Waals surface area contributed by atoms with E-state index in [0.29, 0.717) is 0 Å². The Morgan fingerprint density at radius 3 is 1.51 bits per heavy atom. The molecule has 0 fully saturated rings. The summed E-state index contributed by atoms with van der Waals surface area (Å²) in [6, 6.07) is 58.2. The first-order valence-corrected chi connectivity index (χ1v) is 16.1. The third kappa shape index (κ3) is 4.45. The third-order valence-electron chi connectivity index (χ3n) is 9.25. The summed E-state index contributed by atoms with van der Waals surface area (Å²) in [4.78, 5) is 0. The second-order valence-corrected chi connectivity index (χ2v) is 11.7. The van der Waals surface area contributed by atoms with Crippen LogP contribution < -0.4 is 0 Å². The summed E-state index contributed by atoms with van der Waals surface area (Å²) >= 11 is 0. The van der Waals surface area contributed by atoms with Gasteiger partial charge >= 0.3 is 0 Å². The van der Waals surface area contributed by atoms with Crippen molar-refractivity contribution in [1.82, 2.24) is 0 Å². The Morgan fingerprint density at radius 2 is 0.844 bits per heavy atom. The van der Waals surface area contributed by atoms with Crippen LogP contribution >= 0.6 is 0 Å². The molecule has 0 spiro atoms. The SMILES string of the molecule is CC.c1ccc(-c2cccc(-c3c4ccccc4c(-c4ccc5c(c4)-c4c(ccc6ccccc46)C5)c4ccccc34)c2)cc1. The molecule has 0 aliphatic heterocycles. The van der Waals surface area contributed by atoms with E-state index in [1.54, 1.807) is 0 Å². The van der Waals surface area contributed by atoms with E-state index < -0.39 is 0 Å². The average Bonchev–Trinajstić information content (AvgIpc) is 3.50. The van der Waals surface area contributed by atoms with E-state index in [2.05, 4.69) is 158 Å². The van der Waals surface area contributed by atoms with Gasteiger partial charge in [0.1, 0.15) is 0 Å². The lowest BCUT2D eigenvalue weighted by atomic mass is 9.84. The molecule has 9 rings (SSSR count). The zero-order valence-electron chi connectivity index (χ0n) is 25.7. The first-order chi connectivity index (χ1) is 22.3. The van der Waals surface area contributed by atoms with Gasteiger partial charge in [0.2, 0.25) is 0 Å². The topological polar surface area (TPSA) is 0 Å². The molecule has 0 N–H and O–H groups in total. The van der Waals surface area contributed by atoms with Gasteiger partial charge in [0, 0.05) is 0 Å². The van der Waals surface area contributed by atoms with Crippen molar-refractivity contribution in [3.8, 4) is 44.5 Å². The Hall–Kier alpha value is -5.46. The molecule has 0 aromatic heterocycles. The fraction of sp³-hybridized carbons (Fsp3) is 0.0667. The molecular weight excluding hydrogens is 540 g/mol. The van der Waals surface area contributed by atoms with Gasteiger partial charge in [0.05, 0.1) is 0 Å². The molecule has 214 valence electrons. The number of benzene rings is 8. The third-order valence-corrected chi connectivity index (χ3v) is 9.25. The first-order valence-electron chi connectivity index (χ1n) is 16.1. The lowest BCUT2D eigenvalue weighted by Crippen LogP contribution is -1.92. The molecule has 0 atom stereocenters. The standard InChI is InChI=1S/C43H28.C2H6/c1-2-11-28(12-3-1)30-14-10-15-32(25-30)42-36-17-6-8-19-38(36)43(39-20-9-7-18-37(39)42)34-24-22-31-26-33-23-21-29-13-4-5-16-35(29)41(33)40(31)27-34;1-2/h1-25,27H,26H2;1-2H3. The molecule has 0 heterocycles. The molecule has 0 nitrogen and oxygen atoms in total. The summed E-state index contributed by atoms with van der Waals surface area (Å²) in [5.41, 5.74) is 13.2. The Kier molecular flexibility index (Phi) is 6.77. The average molecular weight is 575 g/mol. The van der Waals surface area contributed by atoms with E-state index in [9.17, 15) is 0 Å². The van der Waals surface area contributed by atoms with Crippen molar-refractivity contribution in [2.75, 3.05) is 0 Å². The molecule has 0 bridgehead atoms. The van der Waals surface area contributed by atoms with Gasteiger partial charge in [-0.05, 0) is 107 Å². The minimum atomic E-state index is 0.994. The lowest BCUT2D eigenvalue weighted by molar-refractivity contribution is 1.27. The molecule has 0 radical (unpaired) electrons. The molecule has 0 saturated carbocycles. The van der Waals surface area contributed by atoms with Crippen molar-refractivity contribution in [3.05, 3.63) is 169 Å². The Labute approximate surface area is 265 Å². The normalized spacial score (nSPS) is 11.7. The van der Waals surface area contributed by atoms with Gasteiger partial charge in [-0.1, -0.05) is 159 Å². The highest BCUT2D eigenvalue weighted by molar-refractivity contribution is 6.21. The van der Waals surface area contributed by atoms with Crippen molar-refractivity contribution in [2.24, 2.45) is 0 Å². The van der Waals surface area contributed by atoms with E-state index in [1.807, 2.05) is 13.8 Å². The predicted octanol–water partition coefficient (Wildman–Crippen LogP) is 12.7. The quantitative estimate of drug-likeness (QED) is 0.184. The predicted molar refractivity (Wildman–Crippen MR) is 195 cm³/mol. The van der Waals surface area contributed by atoms with Crippen molar-refractivity contribution in [2.45, 2.75) is 20.3 Å². The van der Waals surface area contributed by atoms with E-state index >= 15 is 0 Å². The van der Waals surface area contributed by atoms with E-state index in [4.69, 9.17) is 0 Å². The second kappa shape index (κ2) is 11.2. The summed E-state index contributed by atoms with van der Waals surface area (Å²) in [6.07, 6.45) is 0.994. The summed E-state index contributed by atoms with van der Waals surface area (Å²) in [5, 5.41) is 7.80. The van der Waals surface area contributed by atoms with Crippen LogP contribution in [0.15, 0.2) is 158 Å². The van der Waals surface area contributed by atoms with Crippen LogP contribution in [0.3, 0.4) is 0 Å². The maximum Gasteiger partial charge on any atom is -0.00132 e. The maximum absolute atomic E-state index is 2.46. The van der Waals surface area contributed by atoms with Crippen LogP contribution in [0.25, 0.3) is 76.8 Å². The van der Waals surface area contributed by atoms with Gasteiger partial charge in [-0.15, -0.1) is 0 Å². The van der Waals surface area contributed by atoms with Crippen LogP contribution in [-0.4, -0.2) is 0 Å². The van der Waals surface area contributed by atoms with E-state index in [-0.39, 0.29) is 0 Å². The van der Waals surface area contributed by atoms with Crippen LogP contribution in [0.4, 0.5) is 0 Å². The second-order valence-electron chi connectivity index (χ2n) is 11.7. The lowest BCUT2D eigenvalue weighted by Gasteiger charge is -2.19. The van der Waals surface area contributed by atoms with E-state index in [1.165, 1.54) is 88.0 Å². The molecule has 8 aromatic rings. The molecule has 0 amide bonds. The highest BCUT2D eigenvalue weighted by atomic mass is 14.3. The van der Waals surface area contributed by atoms with Gasteiger partial charge in [-0.25, -0.2) is 0 Å². The number of rotatable bonds is 3. The van der Waals surface area contributed by atoms with Crippen molar-refractivity contribution in [1.29, 1.82) is 0 Å². The summed E-state index contributed by atoms with van der Waals surface area (Å²) in [5.74, 6) is 0. The van der Waals surface area contributed by atoms with Crippen molar-refractivity contribution < 1.29 is 0 Å². The van der Waals surface area contributed by atoms with Gasteiger partial charge in [-0.3, -0.25) is 0 Å². The Morgan fingerprint density at radius 1 is 0.333 bits per heavy atom. The summed E-state index contributed by atoms with van der Waals surface area (Å²) in [7, 11) is 0. The van der Waals surface area contributed by atoms with Gasteiger partial charge in [-0.2, -0.15) is 0 Å². The van der Waals surface area contributed by atoms with E-state index in [0.717, 1.165) is 6.42 Å². The van der Waals surface area contributed by atoms with Crippen LogP contribution in [-0.2, 0) is 6.42 Å². The molecular formula is C45H34. The maximum atomic E-state index is 2.46. The molecule has 1 aliphatic carbocycles. The number of hydrogen-bond donors (Lipinski definition) is 0. The molecule has 45 heavy (non-hydrogen) atoms. The summed E-state index contributed by atoms with van der Waals surface area (Å²) < 4.78 is 0. The van der Waals surface area contributed by atoms with Crippen molar-refractivity contribution >= 4 is 32.3 Å². The minimum absolute atomic E-state index is 0.994. The van der Waals surface area contributed by atoms with Crippen LogP contribution in [0.2, 0.25) is 0 Å². The van der Waals surface area contributed by atoms with Crippen molar-refractivity contribution in [3.63, 3.8) is 0 Å². The minimum Gasteiger partial charge on any atom is -0.0683 e. The smallest absolute Gasteiger partial charge is 0.00132 e. The highest BCUT2D eigenvalue weighted by Gasteiger charge is 2.23. The van der Waals surface area contributed by atoms with Crippen LogP contribution in [0.1, 0.15) is 25.0 Å². The zero-order valence-corrected chi connectivity index (χ0v) is 25.7. The molecule has 0 unspecified atom stereocenters. The number of hydrogen-bond acceptors (Lipinski definition) is 0. The van der Waals surface area contributed by atoms with Gasteiger partial charge in [0.15, 0.2) is 0 Å². The Balaban J connectivity index is 0.00000147. The molecule has 0 heteroatoms. The van der Waals surface area contributed by atoms with Gasteiger partial charge in [0.25, 0.3) is 0 Å². The Bertz CT molecular complexity index is 2300. The van der Waals surface area contributed by atoms with Gasteiger partial charge < -0.3 is 0 Å². The fourth-order valence-corrected chi connectivity index (χ4v) is 7.34. The highest BCUT2D eigenvalue weighted by Crippen LogP contribution is 2.47. The van der Waals surface area contributed by atoms with Crippen LogP contribution in [0.5, 0.6) is 0 Å².